The molecule has 0 bridgehead atoms. The van der Waals surface area contributed by atoms with Gasteiger partial charge in [0, 0.05) is 36.1 Å². The highest BCUT2D eigenvalue weighted by Crippen LogP contribution is 2.34. The predicted molar refractivity (Wildman–Crippen MR) is 101 cm³/mol. The minimum Gasteiger partial charge on any atom is -0.480 e. The van der Waals surface area contributed by atoms with Crippen LogP contribution in [-0.2, 0) is 4.79 Å². The SMILES string of the molecule is Cc1cc(C(=O)NC2CC(N(CC(=O)O)CC3CC3)C2)c(C)n1C(C)C. The largest absolute Gasteiger partial charge is 0.480 e. The number of nitrogens with one attached hydrogen (secondary N) is 1. The quantitative estimate of drug-likeness (QED) is 0.747. The summed E-state index contributed by atoms with van der Waals surface area (Å²) in [4.78, 5) is 25.9. The van der Waals surface area contributed by atoms with Crippen molar-refractivity contribution in [1.82, 2.24) is 14.8 Å². The van der Waals surface area contributed by atoms with Crippen molar-refractivity contribution in [3.05, 3.63) is 23.0 Å². The molecule has 2 fully saturated rings. The number of nitrogens with zero attached hydrogens (tertiary/aromatic N) is 2. The molecule has 0 spiro atoms. The van der Waals surface area contributed by atoms with Crippen molar-refractivity contribution in [2.45, 2.75) is 71.5 Å². The Balaban J connectivity index is 1.55. The topological polar surface area (TPSA) is 74.6 Å². The van der Waals surface area contributed by atoms with Crippen LogP contribution in [0.5, 0.6) is 0 Å². The number of amides is 1. The van der Waals surface area contributed by atoms with E-state index in [1.165, 1.54) is 12.8 Å². The normalized spacial score (nSPS) is 22.5. The van der Waals surface area contributed by atoms with Crippen molar-refractivity contribution in [1.29, 1.82) is 0 Å². The second-order valence-corrected chi connectivity index (χ2v) is 8.31. The zero-order chi connectivity index (χ0) is 19.0. The van der Waals surface area contributed by atoms with Gasteiger partial charge in [0.05, 0.1) is 12.1 Å². The Hall–Kier alpha value is -1.82. The highest BCUT2D eigenvalue weighted by molar-refractivity contribution is 5.96. The van der Waals surface area contributed by atoms with E-state index in [0.717, 1.165) is 36.3 Å². The first-order chi connectivity index (χ1) is 12.3. The van der Waals surface area contributed by atoms with E-state index in [0.29, 0.717) is 12.0 Å². The summed E-state index contributed by atoms with van der Waals surface area (Å²) >= 11 is 0. The number of aliphatic carboxylic acids is 1. The van der Waals surface area contributed by atoms with Crippen LogP contribution in [-0.4, -0.2) is 51.6 Å². The number of aryl methyl sites for hydroxylation is 1. The van der Waals surface area contributed by atoms with E-state index in [1.807, 2.05) is 19.9 Å². The Morgan fingerprint density at radius 2 is 1.96 bits per heavy atom. The van der Waals surface area contributed by atoms with Gasteiger partial charge in [0.1, 0.15) is 0 Å². The molecular weight excluding hydrogens is 330 g/mol. The summed E-state index contributed by atoms with van der Waals surface area (Å²) in [5.41, 5.74) is 2.86. The highest BCUT2D eigenvalue weighted by atomic mass is 16.4. The zero-order valence-corrected chi connectivity index (χ0v) is 16.3. The molecular formula is C20H31N3O3. The maximum absolute atomic E-state index is 12.7. The Bertz CT molecular complexity index is 685. The average Bonchev–Trinajstić information content (AvgIpc) is 3.24. The zero-order valence-electron chi connectivity index (χ0n) is 16.3. The molecule has 2 N–H and O–H groups in total. The molecule has 2 aliphatic carbocycles. The van der Waals surface area contributed by atoms with Crippen LogP contribution >= 0.6 is 0 Å². The molecule has 1 amide bonds. The van der Waals surface area contributed by atoms with E-state index >= 15 is 0 Å². The number of hydrogen-bond donors (Lipinski definition) is 2. The molecule has 26 heavy (non-hydrogen) atoms. The molecule has 0 saturated heterocycles. The summed E-state index contributed by atoms with van der Waals surface area (Å²) in [5, 5.41) is 12.3. The van der Waals surface area contributed by atoms with Crippen LogP contribution in [0.1, 0.15) is 67.3 Å². The summed E-state index contributed by atoms with van der Waals surface area (Å²) in [5.74, 6) is -0.107. The molecule has 0 atom stereocenters. The molecule has 3 rings (SSSR count). The van der Waals surface area contributed by atoms with E-state index in [1.54, 1.807) is 0 Å². The molecule has 0 radical (unpaired) electrons. The van der Waals surface area contributed by atoms with Gasteiger partial charge in [0.25, 0.3) is 5.91 Å². The summed E-state index contributed by atoms with van der Waals surface area (Å²) < 4.78 is 2.18. The number of carbonyl (C=O) groups is 2. The van der Waals surface area contributed by atoms with Crippen molar-refractivity contribution in [3.8, 4) is 0 Å². The third-order valence-electron chi connectivity index (χ3n) is 5.74. The van der Waals surface area contributed by atoms with Gasteiger partial charge in [-0.1, -0.05) is 0 Å². The molecule has 0 aromatic carbocycles. The summed E-state index contributed by atoms with van der Waals surface area (Å²) in [6.07, 6.45) is 4.12. The van der Waals surface area contributed by atoms with Gasteiger partial charge in [-0.2, -0.15) is 0 Å². The predicted octanol–water partition coefficient (Wildman–Crippen LogP) is 2.74. The molecule has 6 heteroatoms. The van der Waals surface area contributed by atoms with Gasteiger partial charge in [-0.15, -0.1) is 0 Å². The summed E-state index contributed by atoms with van der Waals surface area (Å²) in [6.45, 7) is 9.26. The van der Waals surface area contributed by atoms with Crippen LogP contribution in [0.25, 0.3) is 0 Å². The van der Waals surface area contributed by atoms with Crippen molar-refractivity contribution in [3.63, 3.8) is 0 Å². The van der Waals surface area contributed by atoms with E-state index in [-0.39, 0.29) is 24.5 Å². The van der Waals surface area contributed by atoms with Crippen LogP contribution in [0.3, 0.4) is 0 Å². The van der Waals surface area contributed by atoms with E-state index in [4.69, 9.17) is 5.11 Å². The number of aromatic nitrogens is 1. The lowest BCUT2D eigenvalue weighted by Crippen LogP contribution is -2.55. The molecule has 1 aromatic rings. The van der Waals surface area contributed by atoms with Crippen LogP contribution in [0, 0.1) is 19.8 Å². The van der Waals surface area contributed by atoms with Crippen molar-refractivity contribution >= 4 is 11.9 Å². The fourth-order valence-corrected chi connectivity index (χ4v) is 4.22. The van der Waals surface area contributed by atoms with Crippen molar-refractivity contribution in [2.24, 2.45) is 5.92 Å². The third-order valence-corrected chi connectivity index (χ3v) is 5.74. The first-order valence-electron chi connectivity index (χ1n) is 9.71. The smallest absolute Gasteiger partial charge is 0.317 e. The van der Waals surface area contributed by atoms with E-state index in [9.17, 15) is 9.59 Å². The fraction of sp³-hybridized carbons (Fsp3) is 0.700. The van der Waals surface area contributed by atoms with Crippen LogP contribution in [0.4, 0.5) is 0 Å². The number of rotatable bonds is 8. The van der Waals surface area contributed by atoms with E-state index in [2.05, 4.69) is 28.6 Å². The molecule has 2 saturated carbocycles. The minimum absolute atomic E-state index is 0.0135. The van der Waals surface area contributed by atoms with Crippen molar-refractivity contribution in [2.75, 3.05) is 13.1 Å². The maximum atomic E-state index is 12.7. The van der Waals surface area contributed by atoms with Gasteiger partial charge in [0.15, 0.2) is 0 Å². The fourth-order valence-electron chi connectivity index (χ4n) is 4.22. The Morgan fingerprint density at radius 3 is 2.46 bits per heavy atom. The van der Waals surface area contributed by atoms with E-state index < -0.39 is 5.97 Å². The van der Waals surface area contributed by atoms with Crippen LogP contribution in [0.15, 0.2) is 6.07 Å². The lowest BCUT2D eigenvalue weighted by Gasteiger charge is -2.42. The minimum atomic E-state index is -0.765. The van der Waals surface area contributed by atoms with Gasteiger partial charge in [0.2, 0.25) is 0 Å². The lowest BCUT2D eigenvalue weighted by molar-refractivity contribution is -0.139. The maximum Gasteiger partial charge on any atom is 0.317 e. The van der Waals surface area contributed by atoms with Gasteiger partial charge < -0.3 is 15.0 Å². The van der Waals surface area contributed by atoms with Crippen LogP contribution < -0.4 is 5.32 Å². The third kappa shape index (κ3) is 4.11. The Morgan fingerprint density at radius 1 is 1.31 bits per heavy atom. The Kier molecular flexibility index (Phi) is 5.42. The van der Waals surface area contributed by atoms with Gasteiger partial charge in [-0.3, -0.25) is 14.5 Å². The monoisotopic (exact) mass is 361 g/mol. The summed E-state index contributed by atoms with van der Waals surface area (Å²) in [7, 11) is 0. The summed E-state index contributed by atoms with van der Waals surface area (Å²) in [6, 6.07) is 2.71. The first kappa shape index (κ1) is 19.0. The number of hydrogen-bond acceptors (Lipinski definition) is 3. The highest BCUT2D eigenvalue weighted by Gasteiger charge is 2.38. The standard InChI is InChI=1S/C20H31N3O3/c1-12(2)23-13(3)7-18(14(23)4)20(26)21-16-8-17(9-16)22(11-19(24)25)10-15-5-6-15/h7,12,15-17H,5-6,8-11H2,1-4H3,(H,21,26)(H,24,25). The Labute approximate surface area is 155 Å². The molecule has 144 valence electrons. The number of carboxylic acid groups (broad SMARTS) is 1. The number of carboxylic acids is 1. The number of carbonyl (C=O) groups excluding carboxylic acids is 1. The van der Waals surface area contributed by atoms with Gasteiger partial charge in [-0.25, -0.2) is 0 Å². The molecule has 0 unspecified atom stereocenters. The molecule has 2 aliphatic rings. The van der Waals surface area contributed by atoms with Gasteiger partial charge >= 0.3 is 5.97 Å². The van der Waals surface area contributed by atoms with Crippen molar-refractivity contribution < 1.29 is 14.7 Å². The molecule has 1 heterocycles. The van der Waals surface area contributed by atoms with Crippen LogP contribution in [0.2, 0.25) is 0 Å². The van der Waals surface area contributed by atoms with Gasteiger partial charge in [-0.05, 0) is 65.4 Å². The molecule has 6 nitrogen and oxygen atoms in total. The first-order valence-corrected chi connectivity index (χ1v) is 9.71. The average molecular weight is 361 g/mol. The second kappa shape index (κ2) is 7.43. The second-order valence-electron chi connectivity index (χ2n) is 8.31. The lowest BCUT2D eigenvalue weighted by atomic mass is 9.85. The molecule has 0 aliphatic heterocycles. The molecule has 1 aromatic heterocycles.